The van der Waals surface area contributed by atoms with Crippen LogP contribution >= 0.6 is 0 Å². The molecule has 1 N–H and O–H groups in total. The zero-order chi connectivity index (χ0) is 14.0. The third-order valence-electron chi connectivity index (χ3n) is 2.38. The van der Waals surface area contributed by atoms with Crippen molar-refractivity contribution in [1.29, 1.82) is 0 Å². The molecule has 0 atom stereocenters. The Bertz CT molecular complexity index is 745. The number of amides is 1. The fourth-order valence-electron chi connectivity index (χ4n) is 1.74. The number of hydrogen-bond donors (Lipinski definition) is 1. The van der Waals surface area contributed by atoms with Gasteiger partial charge < -0.3 is 14.1 Å². The summed E-state index contributed by atoms with van der Waals surface area (Å²) in [6, 6.07) is 9.92. The molecule has 0 bridgehead atoms. The fourth-order valence-corrected chi connectivity index (χ4v) is 2.09. The molecule has 0 unspecified atom stereocenters. The first-order valence-electron chi connectivity index (χ1n) is 5.31. The number of carbonyl (C=O) groups is 1. The molecular weight excluding hydrogens is 309 g/mol. The van der Waals surface area contributed by atoms with Crippen molar-refractivity contribution in [2.75, 3.05) is 5.32 Å². The third-order valence-corrected chi connectivity index (χ3v) is 2.77. The van der Waals surface area contributed by atoms with E-state index in [0.29, 0.717) is 5.39 Å². The largest absolute Gasteiger partial charge is 1.00 e. The number of carbonyl (C=O) groups excluding carboxylic acids is 1. The Balaban J connectivity index is 0.00000200. The summed E-state index contributed by atoms with van der Waals surface area (Å²) in [5, 5.41) is 3.83. The van der Waals surface area contributed by atoms with Crippen LogP contribution in [0, 0.1) is 0 Å². The predicted molar refractivity (Wildman–Crippen MR) is 68.6 cm³/mol. The Labute approximate surface area is 158 Å². The molecule has 0 heterocycles. The first-order valence-corrected chi connectivity index (χ1v) is 6.65. The number of hydrogen-bond acceptors (Lipinski definition) is 5. The molecule has 2 aromatic carbocycles. The van der Waals surface area contributed by atoms with Crippen LogP contribution in [0.3, 0.4) is 0 Å². The second kappa shape index (κ2) is 6.99. The molecule has 2 rings (SSSR count). The van der Waals surface area contributed by atoms with Crippen LogP contribution in [0.25, 0.3) is 10.8 Å². The van der Waals surface area contributed by atoms with E-state index < -0.39 is 16.3 Å². The zero-order valence-electron chi connectivity index (χ0n) is 10.9. The minimum atomic E-state index is -4.91. The van der Waals surface area contributed by atoms with Crippen molar-refractivity contribution in [2.24, 2.45) is 0 Å². The van der Waals surface area contributed by atoms with Crippen LogP contribution in [0.1, 0.15) is 6.92 Å². The molecule has 8 heteroatoms. The summed E-state index contributed by atoms with van der Waals surface area (Å²) in [5.74, 6) is -0.603. The summed E-state index contributed by atoms with van der Waals surface area (Å²) in [7, 11) is -4.91. The molecule has 20 heavy (non-hydrogen) atoms. The van der Waals surface area contributed by atoms with E-state index in [0.717, 1.165) is 5.39 Å². The Kier molecular flexibility index (Phi) is 6.14. The predicted octanol–water partition coefficient (Wildman–Crippen LogP) is -1.36. The Morgan fingerprint density at radius 1 is 1.20 bits per heavy atom. The van der Waals surface area contributed by atoms with Gasteiger partial charge in [0.1, 0.15) is 0 Å². The maximum absolute atomic E-state index is 11.2. The number of rotatable bonds is 3. The minimum Gasteiger partial charge on any atom is -0.716 e. The van der Waals surface area contributed by atoms with Crippen molar-refractivity contribution in [3.63, 3.8) is 0 Å². The van der Waals surface area contributed by atoms with Gasteiger partial charge in [-0.1, -0.05) is 30.3 Å². The van der Waals surface area contributed by atoms with Crippen molar-refractivity contribution in [3.05, 3.63) is 36.4 Å². The van der Waals surface area contributed by atoms with Gasteiger partial charge in [0.05, 0.1) is 5.69 Å². The fraction of sp³-hybridized carbons (Fsp3) is 0.0833. The SMILES string of the molecule is CC(=O)Nc1c(OS(=O)(=O)[O-])ccc2ccccc12.[K+]. The van der Waals surface area contributed by atoms with Gasteiger partial charge in [0.2, 0.25) is 5.91 Å². The normalized spacial score (nSPS) is 10.7. The van der Waals surface area contributed by atoms with E-state index in [9.17, 15) is 17.8 Å². The Hall–Kier alpha value is -0.484. The molecule has 2 aromatic rings. The van der Waals surface area contributed by atoms with Crippen LogP contribution < -0.4 is 60.9 Å². The average Bonchev–Trinajstić information content (AvgIpc) is 2.30. The van der Waals surface area contributed by atoms with Crippen LogP contribution in [0.15, 0.2) is 36.4 Å². The molecule has 0 spiro atoms. The first-order chi connectivity index (χ1) is 8.87. The summed E-state index contributed by atoms with van der Waals surface area (Å²) in [6.45, 7) is 1.28. The second-order valence-electron chi connectivity index (χ2n) is 3.83. The Morgan fingerprint density at radius 2 is 1.85 bits per heavy atom. The van der Waals surface area contributed by atoms with Crippen molar-refractivity contribution in [2.45, 2.75) is 6.92 Å². The van der Waals surface area contributed by atoms with Crippen molar-refractivity contribution >= 4 is 32.8 Å². The van der Waals surface area contributed by atoms with Crippen LogP contribution in [0.5, 0.6) is 5.75 Å². The maximum atomic E-state index is 11.2. The summed E-state index contributed by atoms with van der Waals surface area (Å²) in [5.41, 5.74) is 0.157. The van der Waals surface area contributed by atoms with Crippen LogP contribution in [0.2, 0.25) is 0 Å². The molecule has 0 aliphatic carbocycles. The smallest absolute Gasteiger partial charge is 0.716 e. The summed E-state index contributed by atoms with van der Waals surface area (Å²) < 4.78 is 36.4. The summed E-state index contributed by atoms with van der Waals surface area (Å²) in [4.78, 5) is 11.2. The molecule has 0 aliphatic heterocycles. The Morgan fingerprint density at radius 3 is 2.45 bits per heavy atom. The monoisotopic (exact) mass is 319 g/mol. The van der Waals surface area contributed by atoms with E-state index in [2.05, 4.69) is 9.50 Å². The van der Waals surface area contributed by atoms with E-state index in [-0.39, 0.29) is 62.8 Å². The summed E-state index contributed by atoms with van der Waals surface area (Å²) in [6.07, 6.45) is 0. The molecule has 0 aliphatic rings. The van der Waals surface area contributed by atoms with E-state index in [1.165, 1.54) is 13.0 Å². The van der Waals surface area contributed by atoms with Crippen LogP contribution in [-0.4, -0.2) is 18.9 Å². The van der Waals surface area contributed by atoms with Crippen molar-refractivity contribution < 1.29 is 73.3 Å². The quantitative estimate of drug-likeness (QED) is 0.428. The first kappa shape index (κ1) is 17.6. The molecule has 6 nitrogen and oxygen atoms in total. The van der Waals surface area contributed by atoms with Crippen LogP contribution in [0.4, 0.5) is 5.69 Å². The molecule has 0 fully saturated rings. The van der Waals surface area contributed by atoms with Gasteiger partial charge in [-0.3, -0.25) is 4.79 Å². The van der Waals surface area contributed by atoms with Crippen molar-refractivity contribution in [3.8, 4) is 5.75 Å². The van der Waals surface area contributed by atoms with Crippen LogP contribution in [-0.2, 0) is 15.2 Å². The molecular formula is C12H10KNO5S. The molecule has 0 aromatic heterocycles. The van der Waals surface area contributed by atoms with E-state index >= 15 is 0 Å². The molecule has 1 amide bonds. The maximum Gasteiger partial charge on any atom is 1.00 e. The van der Waals surface area contributed by atoms with Gasteiger partial charge in [-0.2, -0.15) is 0 Å². The molecule has 0 saturated heterocycles. The van der Waals surface area contributed by atoms with E-state index in [1.807, 2.05) is 0 Å². The molecule has 0 saturated carbocycles. The van der Waals surface area contributed by atoms with Gasteiger partial charge in [0.25, 0.3) is 10.4 Å². The van der Waals surface area contributed by atoms with Crippen molar-refractivity contribution in [1.82, 2.24) is 0 Å². The third kappa shape index (κ3) is 4.52. The van der Waals surface area contributed by atoms with Gasteiger partial charge in [0.15, 0.2) is 5.75 Å². The minimum absolute atomic E-state index is 0. The number of fused-ring (bicyclic) bond motifs is 1. The van der Waals surface area contributed by atoms with E-state index in [1.54, 1.807) is 30.3 Å². The standard InChI is InChI=1S/C12H11NO5S.K/c1-8(14)13-12-10-5-3-2-4-9(10)6-7-11(12)18-19(15,16)17;/h2-7H,1H3,(H,13,14)(H,15,16,17);/q;+1/p-1. The van der Waals surface area contributed by atoms with Gasteiger partial charge in [-0.15, -0.1) is 0 Å². The average molecular weight is 319 g/mol. The summed E-state index contributed by atoms with van der Waals surface area (Å²) >= 11 is 0. The van der Waals surface area contributed by atoms with Gasteiger partial charge >= 0.3 is 51.4 Å². The van der Waals surface area contributed by atoms with Gasteiger partial charge in [0, 0.05) is 12.3 Å². The topological polar surface area (TPSA) is 95.5 Å². The van der Waals surface area contributed by atoms with Gasteiger partial charge in [-0.05, 0) is 11.5 Å². The molecule has 0 radical (unpaired) electrons. The second-order valence-corrected chi connectivity index (χ2v) is 4.82. The zero-order valence-corrected chi connectivity index (χ0v) is 14.9. The number of nitrogens with one attached hydrogen (secondary N) is 1. The molecule has 100 valence electrons. The number of anilines is 1. The van der Waals surface area contributed by atoms with E-state index in [4.69, 9.17) is 0 Å². The van der Waals surface area contributed by atoms with Gasteiger partial charge in [-0.25, -0.2) is 8.42 Å². The number of benzene rings is 2.